The molecule has 164 valence electrons. The molecule has 0 spiro atoms. The number of likely N-dealkylation sites (N-methyl/N-ethyl adjacent to an activating group) is 1. The molecule has 4 rings (SSSR count). The first-order chi connectivity index (χ1) is 14.6. The smallest absolute Gasteiger partial charge is 0.272 e. The van der Waals surface area contributed by atoms with Gasteiger partial charge in [-0.1, -0.05) is 12.5 Å². The Hall–Kier alpha value is -2.15. The molecule has 1 aromatic rings. The van der Waals surface area contributed by atoms with Gasteiger partial charge in [-0.2, -0.15) is 0 Å². The quantitative estimate of drug-likeness (QED) is 0.763. The Morgan fingerprint density at radius 2 is 1.83 bits per heavy atom. The summed E-state index contributed by atoms with van der Waals surface area (Å²) in [6.07, 6.45) is 7.84. The van der Waals surface area contributed by atoms with Gasteiger partial charge in [-0.05, 0) is 56.7 Å². The number of piperidine rings is 1. The first-order valence-corrected chi connectivity index (χ1v) is 11.6. The number of hydrogen-bond donors (Lipinski definition) is 1. The highest BCUT2D eigenvalue weighted by Gasteiger charge is 2.26. The molecule has 7 heteroatoms. The summed E-state index contributed by atoms with van der Waals surface area (Å²) in [6.45, 7) is 5.12. The summed E-state index contributed by atoms with van der Waals surface area (Å²) in [4.78, 5) is 36.9. The SMILES string of the molecule is CN1CCc2ccc(C(=O)N3CCCCNC(=O)CC4CCCCN4CCC3)nc21. The molecular weight excluding hydrogens is 378 g/mol. The molecule has 0 saturated carbocycles. The Bertz CT molecular complexity index is 768. The summed E-state index contributed by atoms with van der Waals surface area (Å²) in [7, 11) is 2.04. The van der Waals surface area contributed by atoms with E-state index in [0.29, 0.717) is 31.2 Å². The largest absolute Gasteiger partial charge is 0.359 e. The Kier molecular flexibility index (Phi) is 6.87. The van der Waals surface area contributed by atoms with Crippen LogP contribution in [0.15, 0.2) is 12.1 Å². The van der Waals surface area contributed by atoms with E-state index in [0.717, 1.165) is 64.1 Å². The maximum absolute atomic E-state index is 13.3. The number of carbonyl (C=O) groups is 2. The second-order valence-electron chi connectivity index (χ2n) is 8.94. The molecule has 2 amide bonds. The van der Waals surface area contributed by atoms with Crippen LogP contribution in [0.1, 0.15) is 61.0 Å². The van der Waals surface area contributed by atoms with Crippen LogP contribution in [-0.2, 0) is 11.2 Å². The van der Waals surface area contributed by atoms with Crippen molar-refractivity contribution in [2.75, 3.05) is 51.2 Å². The third-order valence-electron chi connectivity index (χ3n) is 6.76. The third-order valence-corrected chi connectivity index (χ3v) is 6.76. The Balaban J connectivity index is 1.45. The topological polar surface area (TPSA) is 68.8 Å². The molecule has 3 aliphatic rings. The van der Waals surface area contributed by atoms with E-state index in [1.807, 2.05) is 18.0 Å². The summed E-state index contributed by atoms with van der Waals surface area (Å²) in [5.74, 6) is 1.16. The first kappa shape index (κ1) is 21.1. The lowest BCUT2D eigenvalue weighted by molar-refractivity contribution is -0.122. The van der Waals surface area contributed by atoms with Gasteiger partial charge in [0.1, 0.15) is 11.5 Å². The lowest BCUT2D eigenvalue weighted by Gasteiger charge is -2.35. The number of nitrogens with zero attached hydrogens (tertiary/aromatic N) is 4. The average Bonchev–Trinajstić information content (AvgIpc) is 3.13. The molecule has 1 aromatic heterocycles. The van der Waals surface area contributed by atoms with Crippen LogP contribution in [0.4, 0.5) is 5.82 Å². The number of aromatic nitrogens is 1. The molecule has 3 aliphatic heterocycles. The monoisotopic (exact) mass is 413 g/mol. The number of hydrogen-bond acceptors (Lipinski definition) is 5. The van der Waals surface area contributed by atoms with Crippen LogP contribution in [0.3, 0.4) is 0 Å². The van der Waals surface area contributed by atoms with E-state index in [-0.39, 0.29) is 11.8 Å². The highest BCUT2D eigenvalue weighted by molar-refractivity contribution is 5.93. The molecule has 1 N–H and O–H groups in total. The van der Waals surface area contributed by atoms with E-state index in [1.54, 1.807) is 0 Å². The number of pyridine rings is 1. The molecule has 7 nitrogen and oxygen atoms in total. The lowest BCUT2D eigenvalue weighted by atomic mass is 9.98. The number of carbonyl (C=O) groups excluding carboxylic acids is 2. The molecule has 0 aliphatic carbocycles. The predicted octanol–water partition coefficient (Wildman–Crippen LogP) is 2.06. The molecule has 1 unspecified atom stereocenters. The third kappa shape index (κ3) is 4.94. The molecule has 2 saturated heterocycles. The number of fused-ring (bicyclic) bond motifs is 2. The van der Waals surface area contributed by atoms with E-state index < -0.39 is 0 Å². The summed E-state index contributed by atoms with van der Waals surface area (Å²) < 4.78 is 0. The number of anilines is 1. The van der Waals surface area contributed by atoms with Crippen molar-refractivity contribution in [3.8, 4) is 0 Å². The van der Waals surface area contributed by atoms with E-state index in [4.69, 9.17) is 4.98 Å². The summed E-state index contributed by atoms with van der Waals surface area (Å²) in [5.41, 5.74) is 1.78. The van der Waals surface area contributed by atoms with E-state index >= 15 is 0 Å². The van der Waals surface area contributed by atoms with Crippen LogP contribution >= 0.6 is 0 Å². The lowest BCUT2D eigenvalue weighted by Crippen LogP contribution is -2.44. The van der Waals surface area contributed by atoms with E-state index in [9.17, 15) is 9.59 Å². The predicted molar refractivity (Wildman–Crippen MR) is 118 cm³/mol. The van der Waals surface area contributed by atoms with Gasteiger partial charge < -0.3 is 15.1 Å². The van der Waals surface area contributed by atoms with Crippen LogP contribution in [0.5, 0.6) is 0 Å². The van der Waals surface area contributed by atoms with Crippen molar-refractivity contribution < 1.29 is 9.59 Å². The molecular formula is C23H35N5O2. The van der Waals surface area contributed by atoms with Crippen molar-refractivity contribution in [3.05, 3.63) is 23.4 Å². The molecule has 0 aromatic carbocycles. The van der Waals surface area contributed by atoms with E-state index in [2.05, 4.69) is 21.2 Å². The zero-order valence-electron chi connectivity index (χ0n) is 18.2. The van der Waals surface area contributed by atoms with Gasteiger partial charge in [0, 0.05) is 52.2 Å². The van der Waals surface area contributed by atoms with Crippen molar-refractivity contribution in [1.29, 1.82) is 0 Å². The molecule has 4 heterocycles. The van der Waals surface area contributed by atoms with Crippen molar-refractivity contribution in [3.63, 3.8) is 0 Å². The maximum atomic E-state index is 13.3. The van der Waals surface area contributed by atoms with Crippen LogP contribution in [-0.4, -0.2) is 79.0 Å². The standard InChI is InChI=1S/C23H35N5O2/c1-26-16-10-18-8-9-20(25-22(18)26)23(30)28-13-5-3-11-24-21(29)17-19-7-2-4-12-27(19)14-6-15-28/h8-9,19H,2-7,10-17H2,1H3,(H,24,29). The Morgan fingerprint density at radius 3 is 2.73 bits per heavy atom. The minimum absolute atomic E-state index is 0.0344. The van der Waals surface area contributed by atoms with Gasteiger partial charge in [0.25, 0.3) is 5.91 Å². The van der Waals surface area contributed by atoms with Crippen LogP contribution in [0, 0.1) is 0 Å². The Morgan fingerprint density at radius 1 is 1.03 bits per heavy atom. The van der Waals surface area contributed by atoms with Gasteiger partial charge in [-0.3, -0.25) is 14.5 Å². The maximum Gasteiger partial charge on any atom is 0.272 e. The average molecular weight is 414 g/mol. The van der Waals surface area contributed by atoms with Crippen LogP contribution in [0.2, 0.25) is 0 Å². The first-order valence-electron chi connectivity index (χ1n) is 11.6. The van der Waals surface area contributed by atoms with Crippen molar-refractivity contribution in [2.24, 2.45) is 0 Å². The minimum atomic E-state index is 0.0344. The fourth-order valence-corrected chi connectivity index (χ4v) is 4.98. The minimum Gasteiger partial charge on any atom is -0.359 e. The molecule has 0 radical (unpaired) electrons. The van der Waals surface area contributed by atoms with Gasteiger partial charge in [0.05, 0.1) is 0 Å². The molecule has 1 atom stereocenters. The molecule has 0 bridgehead atoms. The fourth-order valence-electron chi connectivity index (χ4n) is 4.98. The van der Waals surface area contributed by atoms with Gasteiger partial charge in [0.15, 0.2) is 0 Å². The summed E-state index contributed by atoms with van der Waals surface area (Å²) >= 11 is 0. The van der Waals surface area contributed by atoms with Crippen molar-refractivity contribution >= 4 is 17.6 Å². The van der Waals surface area contributed by atoms with E-state index in [1.165, 1.54) is 18.4 Å². The van der Waals surface area contributed by atoms with Crippen molar-refractivity contribution in [1.82, 2.24) is 20.1 Å². The van der Waals surface area contributed by atoms with Crippen LogP contribution in [0.25, 0.3) is 0 Å². The molecule has 30 heavy (non-hydrogen) atoms. The second kappa shape index (κ2) is 9.77. The zero-order chi connectivity index (χ0) is 20.9. The number of amides is 2. The van der Waals surface area contributed by atoms with Gasteiger partial charge in [-0.25, -0.2) is 4.98 Å². The van der Waals surface area contributed by atoms with Crippen molar-refractivity contribution in [2.45, 2.75) is 57.4 Å². The van der Waals surface area contributed by atoms with Gasteiger partial charge >= 0.3 is 0 Å². The van der Waals surface area contributed by atoms with Gasteiger partial charge in [-0.15, -0.1) is 0 Å². The highest BCUT2D eigenvalue weighted by Crippen LogP contribution is 2.25. The zero-order valence-corrected chi connectivity index (χ0v) is 18.2. The fraction of sp³-hybridized carbons (Fsp3) is 0.696. The number of rotatable bonds is 1. The molecule has 2 fully saturated rings. The van der Waals surface area contributed by atoms with Gasteiger partial charge in [0.2, 0.25) is 5.91 Å². The normalized spacial score (nSPS) is 24.2. The highest BCUT2D eigenvalue weighted by atomic mass is 16.2. The summed E-state index contributed by atoms with van der Waals surface area (Å²) in [5, 5.41) is 3.08. The second-order valence-corrected chi connectivity index (χ2v) is 8.94. The number of nitrogens with one attached hydrogen (secondary N) is 1. The Labute approximate surface area is 179 Å². The van der Waals surface area contributed by atoms with Crippen LogP contribution < -0.4 is 10.2 Å². The summed E-state index contributed by atoms with van der Waals surface area (Å²) in [6, 6.07) is 4.30.